The third-order valence-corrected chi connectivity index (χ3v) is 3.38. The van der Waals surface area contributed by atoms with E-state index >= 15 is 0 Å². The topological polar surface area (TPSA) is 89.3 Å². The van der Waals surface area contributed by atoms with Crippen LogP contribution in [0, 0.1) is 18.3 Å². The summed E-state index contributed by atoms with van der Waals surface area (Å²) in [6.07, 6.45) is 0. The zero-order valence-electron chi connectivity index (χ0n) is 13.6. The van der Waals surface area contributed by atoms with Crippen molar-refractivity contribution in [1.29, 1.82) is 5.26 Å². The molecule has 6 heteroatoms. The molecule has 0 unspecified atom stereocenters. The highest BCUT2D eigenvalue weighted by atomic mass is 16.5. The number of carbonyl (C=O) groups is 2. The van der Waals surface area contributed by atoms with Crippen molar-refractivity contribution in [2.24, 2.45) is 0 Å². The molecule has 1 aromatic heterocycles. The van der Waals surface area contributed by atoms with Gasteiger partial charge in [-0.1, -0.05) is 12.1 Å². The Morgan fingerprint density at radius 1 is 1.25 bits per heavy atom. The molecule has 6 nitrogen and oxygen atoms in total. The molecule has 0 bridgehead atoms. The van der Waals surface area contributed by atoms with Crippen LogP contribution in [0.2, 0.25) is 0 Å². The summed E-state index contributed by atoms with van der Waals surface area (Å²) in [6.45, 7) is 3.55. The van der Waals surface area contributed by atoms with E-state index in [9.17, 15) is 9.59 Å². The van der Waals surface area contributed by atoms with Crippen molar-refractivity contribution in [2.45, 2.75) is 13.8 Å². The number of hydrogen-bond acceptors (Lipinski definition) is 6. The molecule has 0 aliphatic rings. The van der Waals surface area contributed by atoms with Gasteiger partial charge in [0.25, 0.3) is 0 Å². The quantitative estimate of drug-likeness (QED) is 0.803. The smallest absolute Gasteiger partial charge is 0.356 e. The van der Waals surface area contributed by atoms with Gasteiger partial charge in [-0.05, 0) is 37.6 Å². The molecule has 0 saturated carbocycles. The third kappa shape index (κ3) is 3.41. The molecule has 0 atom stereocenters. The van der Waals surface area contributed by atoms with Gasteiger partial charge in [-0.2, -0.15) is 5.26 Å². The lowest BCUT2D eigenvalue weighted by Gasteiger charge is -2.13. The second kappa shape index (κ2) is 7.38. The first-order chi connectivity index (χ1) is 11.5. The van der Waals surface area contributed by atoms with Crippen LogP contribution in [0.5, 0.6) is 0 Å². The first-order valence-electron chi connectivity index (χ1n) is 7.29. The van der Waals surface area contributed by atoms with Crippen molar-refractivity contribution in [1.82, 2.24) is 4.98 Å². The number of pyridine rings is 1. The lowest BCUT2D eigenvalue weighted by molar-refractivity contribution is 0.0522. The van der Waals surface area contributed by atoms with Crippen molar-refractivity contribution >= 4 is 11.9 Å². The number of hydrogen-bond donors (Lipinski definition) is 0. The van der Waals surface area contributed by atoms with Crippen molar-refractivity contribution in [3.63, 3.8) is 0 Å². The summed E-state index contributed by atoms with van der Waals surface area (Å²) < 4.78 is 9.80. The summed E-state index contributed by atoms with van der Waals surface area (Å²) in [5, 5.41) is 9.08. The van der Waals surface area contributed by atoms with Crippen molar-refractivity contribution in [3.05, 3.63) is 52.8 Å². The Labute approximate surface area is 139 Å². The van der Waals surface area contributed by atoms with Crippen LogP contribution in [0.3, 0.4) is 0 Å². The van der Waals surface area contributed by atoms with E-state index in [4.69, 9.17) is 14.7 Å². The molecule has 2 aromatic rings. The summed E-state index contributed by atoms with van der Waals surface area (Å²) >= 11 is 0. The monoisotopic (exact) mass is 324 g/mol. The van der Waals surface area contributed by atoms with Crippen LogP contribution in [0.25, 0.3) is 11.1 Å². The molecule has 0 aliphatic heterocycles. The predicted molar refractivity (Wildman–Crippen MR) is 86.4 cm³/mol. The molecule has 0 aliphatic carbocycles. The Hall–Kier alpha value is -3.20. The minimum absolute atomic E-state index is 0.0837. The number of aromatic nitrogens is 1. The Bertz CT molecular complexity index is 837. The van der Waals surface area contributed by atoms with Crippen LogP contribution in [0.4, 0.5) is 0 Å². The zero-order valence-corrected chi connectivity index (χ0v) is 13.6. The Balaban J connectivity index is 2.73. The maximum atomic E-state index is 12.3. The second-order valence-electron chi connectivity index (χ2n) is 4.92. The number of rotatable bonds is 4. The van der Waals surface area contributed by atoms with Gasteiger partial charge in [0, 0.05) is 5.56 Å². The summed E-state index contributed by atoms with van der Waals surface area (Å²) in [7, 11) is 1.26. The lowest BCUT2D eigenvalue weighted by atomic mass is 9.96. The SMILES string of the molecule is CCOC(=O)c1c(-c2cccc(C#N)c2)cc(C(=O)OC)nc1C. The summed E-state index contributed by atoms with van der Waals surface area (Å²) in [4.78, 5) is 28.3. The Morgan fingerprint density at radius 2 is 2.00 bits per heavy atom. The first kappa shape index (κ1) is 17.2. The minimum Gasteiger partial charge on any atom is -0.464 e. The van der Waals surface area contributed by atoms with Gasteiger partial charge in [0.15, 0.2) is 0 Å². The van der Waals surface area contributed by atoms with E-state index in [-0.39, 0.29) is 17.9 Å². The molecule has 0 amide bonds. The average Bonchev–Trinajstić information content (AvgIpc) is 2.60. The number of benzene rings is 1. The number of esters is 2. The van der Waals surface area contributed by atoms with Gasteiger partial charge in [-0.25, -0.2) is 14.6 Å². The largest absolute Gasteiger partial charge is 0.464 e. The zero-order chi connectivity index (χ0) is 17.7. The summed E-state index contributed by atoms with van der Waals surface area (Å²) in [5.41, 5.74) is 2.23. The molecule has 0 N–H and O–H groups in total. The van der Waals surface area contributed by atoms with Crippen LogP contribution in [0.1, 0.15) is 39.0 Å². The highest BCUT2D eigenvalue weighted by molar-refractivity contribution is 6.00. The lowest BCUT2D eigenvalue weighted by Crippen LogP contribution is -2.13. The third-order valence-electron chi connectivity index (χ3n) is 3.38. The average molecular weight is 324 g/mol. The predicted octanol–water partition coefficient (Wildman–Crippen LogP) is 2.89. The van der Waals surface area contributed by atoms with Gasteiger partial charge in [-0.15, -0.1) is 0 Å². The summed E-state index contributed by atoms with van der Waals surface area (Å²) in [5.74, 6) is -1.14. The van der Waals surface area contributed by atoms with E-state index in [2.05, 4.69) is 11.1 Å². The van der Waals surface area contributed by atoms with Crippen LogP contribution < -0.4 is 0 Å². The normalized spacial score (nSPS) is 9.92. The van der Waals surface area contributed by atoms with E-state index in [1.807, 2.05) is 0 Å². The first-order valence-corrected chi connectivity index (χ1v) is 7.29. The molecule has 1 heterocycles. The number of nitriles is 1. The molecule has 0 fully saturated rings. The number of ether oxygens (including phenoxy) is 2. The standard InChI is InChI=1S/C18H16N2O4/c1-4-24-18(22)16-11(2)20-15(17(21)23-3)9-14(16)13-7-5-6-12(8-13)10-19/h5-9H,4H2,1-3H3. The molecular formula is C18H16N2O4. The van der Waals surface area contributed by atoms with E-state index in [1.165, 1.54) is 13.2 Å². The fraction of sp³-hybridized carbons (Fsp3) is 0.222. The molecular weight excluding hydrogens is 308 g/mol. The highest BCUT2D eigenvalue weighted by Crippen LogP contribution is 2.28. The maximum absolute atomic E-state index is 12.3. The summed E-state index contributed by atoms with van der Waals surface area (Å²) in [6, 6.07) is 10.3. The van der Waals surface area contributed by atoms with Gasteiger partial charge < -0.3 is 9.47 Å². The molecule has 0 saturated heterocycles. The molecule has 0 spiro atoms. The minimum atomic E-state index is -0.605. The second-order valence-corrected chi connectivity index (χ2v) is 4.92. The molecule has 2 rings (SSSR count). The van der Waals surface area contributed by atoms with Gasteiger partial charge in [-0.3, -0.25) is 0 Å². The Morgan fingerprint density at radius 3 is 2.62 bits per heavy atom. The van der Waals surface area contributed by atoms with Crippen molar-refractivity contribution < 1.29 is 19.1 Å². The van der Waals surface area contributed by atoms with Gasteiger partial charge >= 0.3 is 11.9 Å². The fourth-order valence-corrected chi connectivity index (χ4v) is 2.33. The fourth-order valence-electron chi connectivity index (χ4n) is 2.33. The number of aryl methyl sites for hydroxylation is 1. The van der Waals surface area contributed by atoms with E-state index < -0.39 is 11.9 Å². The Kier molecular flexibility index (Phi) is 5.27. The molecule has 122 valence electrons. The van der Waals surface area contributed by atoms with E-state index in [0.29, 0.717) is 22.4 Å². The van der Waals surface area contributed by atoms with Crippen molar-refractivity contribution in [2.75, 3.05) is 13.7 Å². The van der Waals surface area contributed by atoms with Crippen LogP contribution in [-0.4, -0.2) is 30.6 Å². The molecule has 0 radical (unpaired) electrons. The van der Waals surface area contributed by atoms with Crippen LogP contribution in [-0.2, 0) is 9.47 Å². The maximum Gasteiger partial charge on any atom is 0.356 e. The van der Waals surface area contributed by atoms with Crippen molar-refractivity contribution in [3.8, 4) is 17.2 Å². The highest BCUT2D eigenvalue weighted by Gasteiger charge is 2.22. The van der Waals surface area contributed by atoms with E-state index in [0.717, 1.165) is 0 Å². The van der Waals surface area contributed by atoms with Crippen LogP contribution >= 0.6 is 0 Å². The molecule has 1 aromatic carbocycles. The number of methoxy groups -OCH3 is 1. The van der Waals surface area contributed by atoms with E-state index in [1.54, 1.807) is 38.1 Å². The number of carbonyl (C=O) groups excluding carboxylic acids is 2. The number of nitrogens with zero attached hydrogens (tertiary/aromatic N) is 2. The van der Waals surface area contributed by atoms with Gasteiger partial charge in [0.1, 0.15) is 5.69 Å². The van der Waals surface area contributed by atoms with Crippen LogP contribution in [0.15, 0.2) is 30.3 Å². The van der Waals surface area contributed by atoms with Gasteiger partial charge in [0.2, 0.25) is 0 Å². The molecule has 24 heavy (non-hydrogen) atoms. The van der Waals surface area contributed by atoms with Gasteiger partial charge in [0.05, 0.1) is 36.6 Å².